The van der Waals surface area contributed by atoms with Crippen molar-refractivity contribution in [3.05, 3.63) is 35.2 Å². The molecule has 1 atom stereocenters. The summed E-state index contributed by atoms with van der Waals surface area (Å²) in [7, 11) is 1.30. The van der Waals surface area contributed by atoms with Gasteiger partial charge in [0.25, 0.3) is 5.91 Å². The fourth-order valence-corrected chi connectivity index (χ4v) is 3.76. The van der Waals surface area contributed by atoms with Crippen LogP contribution in [0.4, 0.5) is 0 Å². The zero-order valence-electron chi connectivity index (χ0n) is 16.7. The van der Waals surface area contributed by atoms with Gasteiger partial charge < -0.3 is 24.3 Å². The summed E-state index contributed by atoms with van der Waals surface area (Å²) in [5, 5.41) is 2.74. The van der Waals surface area contributed by atoms with E-state index in [1.165, 1.54) is 18.4 Å². The third-order valence-corrected chi connectivity index (χ3v) is 5.44. The molecule has 3 rings (SSSR count). The van der Waals surface area contributed by atoms with Gasteiger partial charge in [-0.2, -0.15) is 0 Å². The number of amides is 1. The Morgan fingerprint density at radius 2 is 1.90 bits per heavy atom. The lowest BCUT2D eigenvalue weighted by atomic mass is 10.1. The van der Waals surface area contributed by atoms with Crippen molar-refractivity contribution in [1.82, 2.24) is 5.32 Å². The number of benzene rings is 1. The summed E-state index contributed by atoms with van der Waals surface area (Å²) in [5.41, 5.74) is 0.938. The fraction of sp³-hybridized carbons (Fsp3) is 0.429. The van der Waals surface area contributed by atoms with E-state index in [1.54, 1.807) is 6.07 Å². The third kappa shape index (κ3) is 5.48. The van der Waals surface area contributed by atoms with Crippen LogP contribution in [0, 0.1) is 0 Å². The van der Waals surface area contributed by atoms with Gasteiger partial charge in [0.15, 0.2) is 11.5 Å². The number of carbonyl (C=O) groups is 2. The van der Waals surface area contributed by atoms with Crippen LogP contribution in [-0.4, -0.2) is 51.0 Å². The van der Waals surface area contributed by atoms with Crippen LogP contribution in [-0.2, 0) is 14.3 Å². The SMILES string of the molecule is COC(=O)C(CCOC(C)C)NC(=O)c1ccc(-c2ccc3c(c2)OCCO3)s1. The van der Waals surface area contributed by atoms with Crippen molar-refractivity contribution in [1.29, 1.82) is 0 Å². The van der Waals surface area contributed by atoms with Gasteiger partial charge in [-0.15, -0.1) is 11.3 Å². The van der Waals surface area contributed by atoms with E-state index in [4.69, 9.17) is 18.9 Å². The van der Waals surface area contributed by atoms with Gasteiger partial charge in [-0.05, 0) is 49.7 Å². The van der Waals surface area contributed by atoms with E-state index in [-0.39, 0.29) is 12.0 Å². The Morgan fingerprint density at radius 3 is 2.62 bits per heavy atom. The van der Waals surface area contributed by atoms with Gasteiger partial charge >= 0.3 is 5.97 Å². The van der Waals surface area contributed by atoms with Gasteiger partial charge in [0, 0.05) is 17.9 Å². The molecule has 0 saturated carbocycles. The Bertz CT molecular complexity index is 863. The van der Waals surface area contributed by atoms with Crippen LogP contribution in [0.3, 0.4) is 0 Å². The van der Waals surface area contributed by atoms with Gasteiger partial charge in [0.05, 0.1) is 18.1 Å². The molecule has 1 aromatic carbocycles. The highest BCUT2D eigenvalue weighted by molar-refractivity contribution is 7.17. The van der Waals surface area contributed by atoms with Crippen molar-refractivity contribution in [2.75, 3.05) is 26.9 Å². The number of esters is 1. The van der Waals surface area contributed by atoms with E-state index in [2.05, 4.69) is 5.32 Å². The lowest BCUT2D eigenvalue weighted by Crippen LogP contribution is -2.42. The summed E-state index contributed by atoms with van der Waals surface area (Å²) in [6, 6.07) is 8.56. The van der Waals surface area contributed by atoms with E-state index in [1.807, 2.05) is 38.1 Å². The highest BCUT2D eigenvalue weighted by atomic mass is 32.1. The number of thiophene rings is 1. The van der Waals surface area contributed by atoms with Crippen molar-refractivity contribution in [2.24, 2.45) is 0 Å². The van der Waals surface area contributed by atoms with Crippen molar-refractivity contribution >= 4 is 23.2 Å². The number of nitrogens with one attached hydrogen (secondary N) is 1. The van der Waals surface area contributed by atoms with Crippen LogP contribution >= 0.6 is 11.3 Å². The Morgan fingerprint density at radius 1 is 1.14 bits per heavy atom. The number of hydrogen-bond donors (Lipinski definition) is 1. The average Bonchev–Trinajstić information content (AvgIpc) is 3.22. The van der Waals surface area contributed by atoms with E-state index in [0.29, 0.717) is 36.9 Å². The molecule has 156 valence electrons. The van der Waals surface area contributed by atoms with Crippen LogP contribution in [0.1, 0.15) is 29.9 Å². The Hall–Kier alpha value is -2.58. The summed E-state index contributed by atoms with van der Waals surface area (Å²) in [5.74, 6) is 0.608. The second kappa shape index (κ2) is 9.76. The summed E-state index contributed by atoms with van der Waals surface area (Å²) in [4.78, 5) is 26.1. The van der Waals surface area contributed by atoms with Gasteiger partial charge in [-0.25, -0.2) is 4.79 Å². The number of methoxy groups -OCH3 is 1. The first-order valence-electron chi connectivity index (χ1n) is 9.48. The van der Waals surface area contributed by atoms with E-state index >= 15 is 0 Å². The second-order valence-corrected chi connectivity index (χ2v) is 7.86. The molecule has 0 fully saturated rings. The van der Waals surface area contributed by atoms with Gasteiger partial charge in [0.2, 0.25) is 0 Å². The summed E-state index contributed by atoms with van der Waals surface area (Å²) in [6.45, 7) is 5.24. The quantitative estimate of drug-likeness (QED) is 0.661. The first-order valence-corrected chi connectivity index (χ1v) is 10.3. The topological polar surface area (TPSA) is 83.1 Å². The molecule has 0 radical (unpaired) electrons. The zero-order chi connectivity index (χ0) is 20.8. The zero-order valence-corrected chi connectivity index (χ0v) is 17.5. The Balaban J connectivity index is 1.68. The molecule has 1 aromatic heterocycles. The Kier molecular flexibility index (Phi) is 7.11. The first-order chi connectivity index (χ1) is 14.0. The molecule has 1 aliphatic heterocycles. The van der Waals surface area contributed by atoms with Crippen molar-refractivity contribution in [3.8, 4) is 21.9 Å². The maximum atomic E-state index is 12.7. The summed E-state index contributed by atoms with van der Waals surface area (Å²) in [6.07, 6.45) is 0.395. The minimum atomic E-state index is -0.758. The molecule has 2 aromatic rings. The average molecular weight is 419 g/mol. The van der Waals surface area contributed by atoms with Crippen molar-refractivity contribution in [2.45, 2.75) is 32.4 Å². The van der Waals surface area contributed by atoms with Gasteiger partial charge in [0.1, 0.15) is 19.3 Å². The minimum Gasteiger partial charge on any atom is -0.486 e. The molecular weight excluding hydrogens is 394 g/mol. The molecule has 2 heterocycles. The molecule has 0 spiro atoms. The molecule has 7 nitrogen and oxygen atoms in total. The van der Waals surface area contributed by atoms with Crippen LogP contribution in [0.15, 0.2) is 30.3 Å². The lowest BCUT2D eigenvalue weighted by molar-refractivity contribution is -0.143. The normalized spacial score (nSPS) is 13.8. The molecule has 0 saturated heterocycles. The third-order valence-electron chi connectivity index (χ3n) is 4.31. The monoisotopic (exact) mass is 419 g/mol. The molecule has 1 amide bonds. The van der Waals surface area contributed by atoms with Gasteiger partial charge in [-0.1, -0.05) is 0 Å². The molecular formula is C21H25NO6S. The van der Waals surface area contributed by atoms with Crippen LogP contribution < -0.4 is 14.8 Å². The number of rotatable bonds is 8. The van der Waals surface area contributed by atoms with Crippen molar-refractivity contribution < 1.29 is 28.5 Å². The number of fused-ring (bicyclic) bond motifs is 1. The standard InChI is InChI=1S/C21H25NO6S/c1-13(2)26-9-8-15(21(24)25-3)22-20(23)19-7-6-18(29-19)14-4-5-16-17(12-14)28-11-10-27-16/h4-7,12-13,15H,8-11H2,1-3H3,(H,22,23). The lowest BCUT2D eigenvalue weighted by Gasteiger charge is -2.18. The van der Waals surface area contributed by atoms with E-state index in [0.717, 1.165) is 16.2 Å². The number of carbonyl (C=O) groups excluding carboxylic acids is 2. The second-order valence-electron chi connectivity index (χ2n) is 6.78. The molecule has 8 heteroatoms. The molecule has 1 aliphatic rings. The maximum absolute atomic E-state index is 12.7. The van der Waals surface area contributed by atoms with Crippen LogP contribution in [0.25, 0.3) is 10.4 Å². The molecule has 0 aliphatic carbocycles. The predicted molar refractivity (Wildman–Crippen MR) is 110 cm³/mol. The van der Waals surface area contributed by atoms with Crippen LogP contribution in [0.5, 0.6) is 11.5 Å². The molecule has 1 N–H and O–H groups in total. The molecule has 1 unspecified atom stereocenters. The van der Waals surface area contributed by atoms with Crippen molar-refractivity contribution in [3.63, 3.8) is 0 Å². The minimum absolute atomic E-state index is 0.0508. The number of ether oxygens (including phenoxy) is 4. The van der Waals surface area contributed by atoms with E-state index in [9.17, 15) is 9.59 Å². The Labute approximate surface area is 173 Å². The van der Waals surface area contributed by atoms with Crippen LogP contribution in [0.2, 0.25) is 0 Å². The maximum Gasteiger partial charge on any atom is 0.328 e. The summed E-state index contributed by atoms with van der Waals surface area (Å²) >= 11 is 1.34. The molecule has 0 bridgehead atoms. The fourth-order valence-electron chi connectivity index (χ4n) is 2.85. The molecule has 29 heavy (non-hydrogen) atoms. The number of hydrogen-bond acceptors (Lipinski definition) is 7. The largest absolute Gasteiger partial charge is 0.486 e. The summed E-state index contributed by atoms with van der Waals surface area (Å²) < 4.78 is 21.4. The smallest absolute Gasteiger partial charge is 0.328 e. The predicted octanol–water partition coefficient (Wildman–Crippen LogP) is 3.27. The van der Waals surface area contributed by atoms with Gasteiger partial charge in [-0.3, -0.25) is 4.79 Å². The highest BCUT2D eigenvalue weighted by Crippen LogP contribution is 2.36. The highest BCUT2D eigenvalue weighted by Gasteiger charge is 2.23. The van der Waals surface area contributed by atoms with E-state index < -0.39 is 12.0 Å². The first kappa shape index (κ1) is 21.1.